The van der Waals surface area contributed by atoms with Crippen molar-refractivity contribution < 1.29 is 20.1 Å². The van der Waals surface area contributed by atoms with E-state index >= 15 is 0 Å². The molecule has 0 spiro atoms. The number of hydrogen-bond donors (Lipinski definition) is 0. The Morgan fingerprint density at radius 2 is 1.48 bits per heavy atom. The van der Waals surface area contributed by atoms with Crippen LogP contribution in [0.25, 0.3) is 11.3 Å². The summed E-state index contributed by atoms with van der Waals surface area (Å²) in [5.74, 6) is 0. The Hall–Kier alpha value is -0.981. The van der Waals surface area contributed by atoms with E-state index < -0.39 is 0 Å². The van der Waals surface area contributed by atoms with Gasteiger partial charge in [-0.1, -0.05) is 47.6 Å². The molecule has 0 saturated carbocycles. The minimum Gasteiger partial charge on any atom is -0.305 e. The first kappa shape index (κ1) is 18.1. The Balaban J connectivity index is 0.00000220. The maximum absolute atomic E-state index is 4.48. The average Bonchev–Trinajstić information content (AvgIpc) is 2.37. The van der Waals surface area contributed by atoms with E-state index in [0.29, 0.717) is 0 Å². The molecule has 0 amide bonds. The maximum atomic E-state index is 4.48. The fourth-order valence-corrected chi connectivity index (χ4v) is 2.10. The minimum atomic E-state index is 0. The summed E-state index contributed by atoms with van der Waals surface area (Å²) in [4.78, 5) is 4.48. The van der Waals surface area contributed by atoms with E-state index in [1.807, 2.05) is 6.20 Å². The van der Waals surface area contributed by atoms with Crippen molar-refractivity contribution in [3.8, 4) is 11.3 Å². The summed E-state index contributed by atoms with van der Waals surface area (Å²) in [6.07, 6.45) is 1.89. The molecular formula is C19H24IrN-. The summed E-state index contributed by atoms with van der Waals surface area (Å²) in [6, 6.07) is 14.0. The SMILES string of the molecule is CC(C)(C)c1c[c-]c(-c2cc(C(C)(C)C)ccn2)cc1.[Ir]. The van der Waals surface area contributed by atoms with Crippen molar-refractivity contribution in [3.63, 3.8) is 0 Å². The molecule has 1 radical (unpaired) electrons. The molecule has 2 rings (SSSR count). The third-order valence-corrected chi connectivity index (χ3v) is 3.58. The quantitative estimate of drug-likeness (QED) is 0.539. The zero-order chi connectivity index (χ0) is 15.0. The van der Waals surface area contributed by atoms with Crippen LogP contribution in [-0.2, 0) is 30.9 Å². The van der Waals surface area contributed by atoms with Gasteiger partial charge < -0.3 is 4.98 Å². The van der Waals surface area contributed by atoms with Gasteiger partial charge in [-0.15, -0.1) is 35.4 Å². The van der Waals surface area contributed by atoms with Crippen LogP contribution in [0.4, 0.5) is 0 Å². The van der Waals surface area contributed by atoms with Crippen LogP contribution in [-0.4, -0.2) is 4.98 Å². The Labute approximate surface area is 142 Å². The number of aromatic nitrogens is 1. The van der Waals surface area contributed by atoms with Crippen LogP contribution >= 0.6 is 0 Å². The van der Waals surface area contributed by atoms with Gasteiger partial charge in [0.05, 0.1) is 0 Å². The van der Waals surface area contributed by atoms with Gasteiger partial charge in [0.2, 0.25) is 0 Å². The Bertz CT molecular complexity index is 586. The van der Waals surface area contributed by atoms with Gasteiger partial charge in [-0.05, 0) is 28.2 Å². The summed E-state index contributed by atoms with van der Waals surface area (Å²) in [5.41, 5.74) is 4.96. The summed E-state index contributed by atoms with van der Waals surface area (Å²) in [6.45, 7) is 13.3. The topological polar surface area (TPSA) is 12.9 Å². The number of nitrogens with zero attached hydrogens (tertiary/aromatic N) is 1. The molecule has 1 aromatic heterocycles. The second kappa shape index (κ2) is 6.42. The molecule has 0 fully saturated rings. The van der Waals surface area contributed by atoms with Crippen molar-refractivity contribution in [1.29, 1.82) is 0 Å². The van der Waals surface area contributed by atoms with Crippen molar-refractivity contribution in [1.82, 2.24) is 4.98 Å². The fraction of sp³-hybridized carbons (Fsp3) is 0.421. The molecule has 0 bridgehead atoms. The molecule has 0 aliphatic heterocycles. The molecule has 0 aliphatic rings. The van der Waals surface area contributed by atoms with Gasteiger partial charge in [0.25, 0.3) is 0 Å². The van der Waals surface area contributed by atoms with Gasteiger partial charge in [-0.2, -0.15) is 0 Å². The van der Waals surface area contributed by atoms with Crippen LogP contribution in [0.5, 0.6) is 0 Å². The van der Waals surface area contributed by atoms with E-state index in [4.69, 9.17) is 0 Å². The number of hydrogen-bond acceptors (Lipinski definition) is 1. The van der Waals surface area contributed by atoms with Crippen molar-refractivity contribution in [3.05, 3.63) is 53.7 Å². The average molecular weight is 459 g/mol. The van der Waals surface area contributed by atoms with E-state index in [9.17, 15) is 0 Å². The minimum absolute atomic E-state index is 0. The molecule has 0 atom stereocenters. The van der Waals surface area contributed by atoms with Gasteiger partial charge in [0, 0.05) is 26.3 Å². The van der Waals surface area contributed by atoms with E-state index in [1.54, 1.807) is 0 Å². The van der Waals surface area contributed by atoms with E-state index in [2.05, 4.69) is 82.9 Å². The normalized spacial score (nSPS) is 11.9. The van der Waals surface area contributed by atoms with Crippen molar-refractivity contribution in [2.75, 3.05) is 0 Å². The molecule has 0 aliphatic carbocycles. The standard InChI is InChI=1S/C19H24N.Ir/c1-18(2,3)15-9-7-14(8-10-15)17-13-16(11-12-20-17)19(4,5)6;/h7,9-13H,1-6H3;/q-1;. The predicted molar refractivity (Wildman–Crippen MR) is 85.9 cm³/mol. The van der Waals surface area contributed by atoms with Crippen LogP contribution in [0.2, 0.25) is 0 Å². The van der Waals surface area contributed by atoms with Crippen LogP contribution in [0.3, 0.4) is 0 Å². The largest absolute Gasteiger partial charge is 0.305 e. The van der Waals surface area contributed by atoms with E-state index in [0.717, 1.165) is 11.3 Å². The molecule has 0 unspecified atom stereocenters. The van der Waals surface area contributed by atoms with Gasteiger partial charge in [-0.25, -0.2) is 0 Å². The summed E-state index contributed by atoms with van der Waals surface area (Å²) in [5, 5.41) is 0. The molecular weight excluding hydrogens is 434 g/mol. The van der Waals surface area contributed by atoms with Crippen molar-refractivity contribution in [2.45, 2.75) is 52.4 Å². The zero-order valence-corrected chi connectivity index (χ0v) is 16.1. The summed E-state index contributed by atoms with van der Waals surface area (Å²) in [7, 11) is 0. The molecule has 2 heteroatoms. The third kappa shape index (κ3) is 4.49. The summed E-state index contributed by atoms with van der Waals surface area (Å²) >= 11 is 0. The molecule has 1 aromatic carbocycles. The molecule has 0 N–H and O–H groups in total. The Morgan fingerprint density at radius 1 is 0.857 bits per heavy atom. The van der Waals surface area contributed by atoms with Gasteiger partial charge in [-0.3, -0.25) is 0 Å². The number of rotatable bonds is 1. The summed E-state index contributed by atoms with van der Waals surface area (Å²) < 4.78 is 0. The fourth-order valence-electron chi connectivity index (χ4n) is 2.10. The first-order chi connectivity index (χ1) is 9.18. The molecule has 21 heavy (non-hydrogen) atoms. The Morgan fingerprint density at radius 3 is 1.95 bits per heavy atom. The third-order valence-electron chi connectivity index (χ3n) is 3.58. The van der Waals surface area contributed by atoms with E-state index in [-0.39, 0.29) is 30.9 Å². The van der Waals surface area contributed by atoms with Crippen LogP contribution in [0.15, 0.2) is 36.5 Å². The van der Waals surface area contributed by atoms with Gasteiger partial charge >= 0.3 is 0 Å². The van der Waals surface area contributed by atoms with E-state index in [1.165, 1.54) is 11.1 Å². The second-order valence-electron chi connectivity index (χ2n) is 7.42. The molecule has 115 valence electrons. The number of benzene rings is 1. The van der Waals surface area contributed by atoms with Crippen LogP contribution in [0, 0.1) is 6.07 Å². The van der Waals surface area contributed by atoms with Crippen molar-refractivity contribution in [2.24, 2.45) is 0 Å². The predicted octanol–water partition coefficient (Wildman–Crippen LogP) is 5.14. The van der Waals surface area contributed by atoms with Crippen LogP contribution < -0.4 is 0 Å². The number of pyridine rings is 1. The zero-order valence-electron chi connectivity index (χ0n) is 13.7. The van der Waals surface area contributed by atoms with Crippen molar-refractivity contribution >= 4 is 0 Å². The maximum Gasteiger partial charge on any atom is 0.0163 e. The second-order valence-corrected chi connectivity index (χ2v) is 7.42. The smallest absolute Gasteiger partial charge is 0.0163 e. The Kier molecular flexibility index (Phi) is 5.52. The van der Waals surface area contributed by atoms with Gasteiger partial charge in [0.15, 0.2) is 0 Å². The van der Waals surface area contributed by atoms with Gasteiger partial charge in [0.1, 0.15) is 0 Å². The molecule has 2 aromatic rings. The van der Waals surface area contributed by atoms with Crippen LogP contribution in [0.1, 0.15) is 52.7 Å². The first-order valence-corrected chi connectivity index (χ1v) is 7.17. The monoisotopic (exact) mass is 459 g/mol. The molecule has 1 nitrogen and oxygen atoms in total. The molecule has 0 saturated heterocycles. The molecule has 1 heterocycles. The first-order valence-electron chi connectivity index (χ1n) is 7.17.